The molecule has 1 aliphatic heterocycles. The molecule has 2 aliphatic rings. The number of hydrogen-bond donors (Lipinski definition) is 1. The molecule has 9 heteroatoms. The van der Waals surface area contributed by atoms with Crippen LogP contribution in [-0.4, -0.2) is 59.2 Å². The Kier molecular flexibility index (Phi) is 6.34. The fraction of sp³-hybridized carbons (Fsp3) is 0.542. The molecule has 2 heterocycles. The Bertz CT molecular complexity index is 1020. The lowest BCUT2D eigenvalue weighted by molar-refractivity contribution is -0.143. The molecule has 1 atom stereocenters. The lowest BCUT2D eigenvalue weighted by Crippen LogP contribution is -2.45. The van der Waals surface area contributed by atoms with Crippen molar-refractivity contribution in [3.63, 3.8) is 0 Å². The third kappa shape index (κ3) is 4.98. The number of benzene rings is 1. The van der Waals surface area contributed by atoms with Crippen LogP contribution >= 0.6 is 0 Å². The lowest BCUT2D eigenvalue weighted by Gasteiger charge is -2.36. The molecule has 0 spiro atoms. The summed E-state index contributed by atoms with van der Waals surface area (Å²) < 4.78 is 17.9. The van der Waals surface area contributed by atoms with Gasteiger partial charge in [-0.1, -0.05) is 12.1 Å². The van der Waals surface area contributed by atoms with Crippen LogP contribution in [0.1, 0.15) is 62.4 Å². The van der Waals surface area contributed by atoms with E-state index in [0.29, 0.717) is 24.4 Å². The number of esters is 1. The van der Waals surface area contributed by atoms with E-state index in [1.165, 1.54) is 25.5 Å². The van der Waals surface area contributed by atoms with E-state index in [2.05, 4.69) is 17.2 Å². The molecule has 33 heavy (non-hydrogen) atoms. The Balaban J connectivity index is 1.71. The Morgan fingerprint density at radius 1 is 1.18 bits per heavy atom. The maximum Gasteiger partial charge on any atom is 0.410 e. The topological polar surface area (TPSA) is 109 Å². The Hall–Kier alpha value is -3.07. The van der Waals surface area contributed by atoms with Crippen LogP contribution in [0, 0.1) is 0 Å². The molecular formula is C24H32N4O5. The Morgan fingerprint density at radius 3 is 2.45 bits per heavy atom. The van der Waals surface area contributed by atoms with Crippen LogP contribution in [0.5, 0.6) is 5.88 Å². The summed E-state index contributed by atoms with van der Waals surface area (Å²) in [6.45, 7) is 5.79. The molecule has 4 rings (SSSR count). The van der Waals surface area contributed by atoms with Gasteiger partial charge in [-0.05, 0) is 57.2 Å². The second-order valence-corrected chi connectivity index (χ2v) is 9.48. The molecule has 1 aromatic heterocycles. The number of hydrogen-bond acceptors (Lipinski definition) is 7. The van der Waals surface area contributed by atoms with Crippen LogP contribution in [-0.2, 0) is 20.7 Å². The first-order valence-electron chi connectivity index (χ1n) is 11.3. The molecule has 1 aliphatic carbocycles. The van der Waals surface area contributed by atoms with Crippen molar-refractivity contribution < 1.29 is 23.8 Å². The minimum absolute atomic E-state index is 0.160. The Morgan fingerprint density at radius 2 is 1.88 bits per heavy atom. The number of carbonyl (C=O) groups excluding carboxylic acids is 2. The van der Waals surface area contributed by atoms with Gasteiger partial charge in [-0.3, -0.25) is 4.90 Å². The third-order valence-electron chi connectivity index (χ3n) is 5.88. The van der Waals surface area contributed by atoms with Gasteiger partial charge in [0.1, 0.15) is 5.60 Å². The van der Waals surface area contributed by atoms with Gasteiger partial charge < -0.3 is 19.9 Å². The smallest absolute Gasteiger partial charge is 0.410 e. The van der Waals surface area contributed by atoms with Crippen molar-refractivity contribution >= 4 is 12.1 Å². The van der Waals surface area contributed by atoms with Crippen molar-refractivity contribution in [1.82, 2.24) is 14.7 Å². The van der Waals surface area contributed by atoms with Gasteiger partial charge in [0, 0.05) is 19.5 Å². The summed E-state index contributed by atoms with van der Waals surface area (Å²) >= 11 is 0. The SMILES string of the molecule is COC(=O)COc1nn(-c2ccc(C3CC3)cc2)c2c1C(CN)N(C(=O)OC(C)(C)C)CC2. The van der Waals surface area contributed by atoms with E-state index in [1.807, 2.05) is 37.6 Å². The normalized spacial score (nSPS) is 18.0. The molecule has 178 valence electrons. The molecule has 1 saturated carbocycles. The molecule has 2 aromatic rings. The highest BCUT2D eigenvalue weighted by molar-refractivity contribution is 5.71. The fourth-order valence-electron chi connectivity index (χ4n) is 4.15. The van der Waals surface area contributed by atoms with Crippen LogP contribution < -0.4 is 10.5 Å². The predicted molar refractivity (Wildman–Crippen MR) is 121 cm³/mol. The quantitative estimate of drug-likeness (QED) is 0.665. The van der Waals surface area contributed by atoms with Gasteiger partial charge in [-0.15, -0.1) is 5.10 Å². The summed E-state index contributed by atoms with van der Waals surface area (Å²) in [5.74, 6) is 0.412. The van der Waals surface area contributed by atoms with Crippen molar-refractivity contribution in [2.75, 3.05) is 26.8 Å². The molecule has 1 aromatic carbocycles. The summed E-state index contributed by atoms with van der Waals surface area (Å²) in [6.07, 6.45) is 2.58. The first-order chi connectivity index (χ1) is 15.7. The highest BCUT2D eigenvalue weighted by atomic mass is 16.6. The second kappa shape index (κ2) is 9.05. The van der Waals surface area contributed by atoms with E-state index >= 15 is 0 Å². The molecule has 2 N–H and O–H groups in total. The number of ether oxygens (including phenoxy) is 3. The van der Waals surface area contributed by atoms with Gasteiger partial charge in [0.2, 0.25) is 5.88 Å². The minimum Gasteiger partial charge on any atom is -0.466 e. The number of fused-ring (bicyclic) bond motifs is 1. The molecule has 1 unspecified atom stereocenters. The zero-order chi connectivity index (χ0) is 23.8. The maximum atomic E-state index is 12.9. The number of aromatic nitrogens is 2. The number of amides is 1. The monoisotopic (exact) mass is 456 g/mol. The van der Waals surface area contributed by atoms with Crippen LogP contribution in [0.4, 0.5) is 4.79 Å². The summed E-state index contributed by atoms with van der Waals surface area (Å²) in [6, 6.07) is 7.86. The number of nitrogens with zero attached hydrogens (tertiary/aromatic N) is 3. The molecular weight excluding hydrogens is 424 g/mol. The summed E-state index contributed by atoms with van der Waals surface area (Å²) in [4.78, 5) is 26.2. The molecule has 0 bridgehead atoms. The maximum absolute atomic E-state index is 12.9. The number of nitrogens with two attached hydrogens (primary N) is 1. The third-order valence-corrected chi connectivity index (χ3v) is 5.88. The van der Waals surface area contributed by atoms with Gasteiger partial charge >= 0.3 is 12.1 Å². The van der Waals surface area contributed by atoms with E-state index in [9.17, 15) is 9.59 Å². The first kappa shape index (κ1) is 23.1. The zero-order valence-electron chi connectivity index (χ0n) is 19.7. The van der Waals surface area contributed by atoms with Crippen LogP contribution in [0.2, 0.25) is 0 Å². The Labute approximate surface area is 193 Å². The first-order valence-corrected chi connectivity index (χ1v) is 11.3. The van der Waals surface area contributed by atoms with Crippen molar-refractivity contribution in [1.29, 1.82) is 0 Å². The summed E-state index contributed by atoms with van der Waals surface area (Å²) in [5.41, 5.74) is 9.34. The fourth-order valence-corrected chi connectivity index (χ4v) is 4.15. The average molecular weight is 457 g/mol. The standard InChI is InChI=1S/C24H32N4O5/c1-24(2,3)33-23(30)27-12-11-18-21(19(27)13-25)22(32-14-20(29)31-4)26-28(18)17-9-7-16(8-10-17)15-5-6-15/h7-10,15,19H,5-6,11-14,25H2,1-4H3. The van der Waals surface area contributed by atoms with Gasteiger partial charge in [0.05, 0.1) is 30.1 Å². The van der Waals surface area contributed by atoms with Gasteiger partial charge in [0.25, 0.3) is 0 Å². The van der Waals surface area contributed by atoms with Crippen LogP contribution in [0.3, 0.4) is 0 Å². The van der Waals surface area contributed by atoms with Gasteiger partial charge in [-0.25, -0.2) is 14.3 Å². The van der Waals surface area contributed by atoms with Crippen molar-refractivity contribution in [2.24, 2.45) is 5.73 Å². The molecule has 9 nitrogen and oxygen atoms in total. The van der Waals surface area contributed by atoms with E-state index in [1.54, 1.807) is 4.90 Å². The van der Waals surface area contributed by atoms with Crippen molar-refractivity contribution in [3.05, 3.63) is 41.1 Å². The largest absolute Gasteiger partial charge is 0.466 e. The van der Waals surface area contributed by atoms with Crippen LogP contribution in [0.15, 0.2) is 24.3 Å². The summed E-state index contributed by atoms with van der Waals surface area (Å²) in [7, 11) is 1.30. The number of methoxy groups -OCH3 is 1. The number of carbonyl (C=O) groups is 2. The number of rotatable bonds is 6. The van der Waals surface area contributed by atoms with E-state index in [0.717, 1.165) is 11.4 Å². The van der Waals surface area contributed by atoms with E-state index in [-0.39, 0.29) is 19.0 Å². The second-order valence-electron chi connectivity index (χ2n) is 9.48. The van der Waals surface area contributed by atoms with Crippen molar-refractivity contribution in [2.45, 2.75) is 57.6 Å². The highest BCUT2D eigenvalue weighted by Crippen LogP contribution is 2.41. The zero-order valence-corrected chi connectivity index (χ0v) is 19.7. The molecule has 0 radical (unpaired) electrons. The van der Waals surface area contributed by atoms with Crippen molar-refractivity contribution in [3.8, 4) is 11.6 Å². The molecule has 1 fully saturated rings. The summed E-state index contributed by atoms with van der Waals surface area (Å²) in [5, 5.41) is 4.68. The van der Waals surface area contributed by atoms with E-state index < -0.39 is 23.7 Å². The minimum atomic E-state index is -0.631. The lowest BCUT2D eigenvalue weighted by atomic mass is 9.98. The molecule has 0 saturated heterocycles. The van der Waals surface area contributed by atoms with E-state index in [4.69, 9.17) is 19.9 Å². The highest BCUT2D eigenvalue weighted by Gasteiger charge is 2.38. The average Bonchev–Trinajstić information content (AvgIpc) is 3.57. The predicted octanol–water partition coefficient (Wildman–Crippen LogP) is 3.09. The molecule has 1 amide bonds. The van der Waals surface area contributed by atoms with Crippen LogP contribution in [0.25, 0.3) is 5.69 Å². The van der Waals surface area contributed by atoms with Gasteiger partial charge in [0.15, 0.2) is 6.61 Å². The van der Waals surface area contributed by atoms with Gasteiger partial charge in [-0.2, -0.15) is 0 Å².